The molecule has 1 heteroatoms. The van der Waals surface area contributed by atoms with Crippen LogP contribution in [0.25, 0.3) is 0 Å². The van der Waals surface area contributed by atoms with Crippen molar-refractivity contribution in [1.29, 1.82) is 0 Å². The fourth-order valence-corrected chi connectivity index (χ4v) is 5.18. The SMILES string of the molecule is CC(=O)C1CC2C3CC4C2C4C13. The van der Waals surface area contributed by atoms with Crippen LogP contribution in [0.3, 0.4) is 0 Å². The Morgan fingerprint density at radius 2 is 1.75 bits per heavy atom. The average molecular weight is 162 g/mol. The zero-order valence-corrected chi connectivity index (χ0v) is 7.36. The van der Waals surface area contributed by atoms with Crippen molar-refractivity contribution in [1.82, 2.24) is 0 Å². The van der Waals surface area contributed by atoms with Crippen molar-refractivity contribution in [3.8, 4) is 0 Å². The lowest BCUT2D eigenvalue weighted by atomic mass is 9.86. The van der Waals surface area contributed by atoms with Crippen LogP contribution in [-0.4, -0.2) is 5.78 Å². The summed E-state index contributed by atoms with van der Waals surface area (Å²) in [6.07, 6.45) is 2.76. The number of rotatable bonds is 1. The molecule has 5 rings (SSSR count). The van der Waals surface area contributed by atoms with Crippen LogP contribution in [0.2, 0.25) is 0 Å². The number of carbonyl (C=O) groups is 1. The number of ketones is 1. The van der Waals surface area contributed by atoms with Crippen molar-refractivity contribution in [2.75, 3.05) is 0 Å². The molecule has 0 spiro atoms. The molecule has 0 saturated heterocycles. The second kappa shape index (κ2) is 1.51. The van der Waals surface area contributed by atoms with E-state index in [0.29, 0.717) is 11.7 Å². The molecular formula is C11H14O. The van der Waals surface area contributed by atoms with Gasteiger partial charge in [-0.25, -0.2) is 0 Å². The van der Waals surface area contributed by atoms with Crippen LogP contribution in [0.15, 0.2) is 0 Å². The van der Waals surface area contributed by atoms with Crippen LogP contribution in [0, 0.1) is 41.4 Å². The summed E-state index contributed by atoms with van der Waals surface area (Å²) in [4.78, 5) is 11.4. The Kier molecular flexibility index (Phi) is 0.779. The molecule has 0 radical (unpaired) electrons. The van der Waals surface area contributed by atoms with E-state index in [2.05, 4.69) is 0 Å². The molecule has 6 bridgehead atoms. The highest BCUT2D eigenvalue weighted by atomic mass is 16.1. The van der Waals surface area contributed by atoms with Crippen molar-refractivity contribution >= 4 is 5.78 Å². The van der Waals surface area contributed by atoms with Gasteiger partial charge in [0.25, 0.3) is 0 Å². The van der Waals surface area contributed by atoms with E-state index in [-0.39, 0.29) is 0 Å². The lowest BCUT2D eigenvalue weighted by Crippen LogP contribution is -2.20. The van der Waals surface area contributed by atoms with Crippen LogP contribution in [-0.2, 0) is 4.79 Å². The highest BCUT2D eigenvalue weighted by Gasteiger charge is 2.77. The Bertz CT molecular complexity index is 283. The molecule has 7 unspecified atom stereocenters. The fourth-order valence-electron chi connectivity index (χ4n) is 5.18. The van der Waals surface area contributed by atoms with E-state index in [1.54, 1.807) is 6.92 Å². The molecule has 7 atom stereocenters. The predicted octanol–water partition coefficient (Wildman–Crippen LogP) is 1.72. The summed E-state index contributed by atoms with van der Waals surface area (Å²) in [6, 6.07) is 0. The van der Waals surface area contributed by atoms with E-state index >= 15 is 0 Å². The summed E-state index contributed by atoms with van der Waals surface area (Å²) < 4.78 is 0. The summed E-state index contributed by atoms with van der Waals surface area (Å²) in [7, 11) is 0. The second-order valence-electron chi connectivity index (χ2n) is 5.41. The van der Waals surface area contributed by atoms with Gasteiger partial charge in [-0.05, 0) is 55.3 Å². The smallest absolute Gasteiger partial charge is 0.133 e. The van der Waals surface area contributed by atoms with Crippen molar-refractivity contribution in [2.45, 2.75) is 19.8 Å². The van der Waals surface area contributed by atoms with E-state index in [9.17, 15) is 4.79 Å². The molecule has 0 aliphatic heterocycles. The van der Waals surface area contributed by atoms with Gasteiger partial charge < -0.3 is 0 Å². The Balaban J connectivity index is 1.79. The Morgan fingerprint density at radius 1 is 1.00 bits per heavy atom. The van der Waals surface area contributed by atoms with E-state index in [1.807, 2.05) is 0 Å². The minimum Gasteiger partial charge on any atom is -0.300 e. The molecule has 64 valence electrons. The van der Waals surface area contributed by atoms with Crippen LogP contribution < -0.4 is 0 Å². The quantitative estimate of drug-likeness (QED) is 0.574. The van der Waals surface area contributed by atoms with Gasteiger partial charge in [0.05, 0.1) is 0 Å². The number of Topliss-reactive ketones (excluding diaryl/α,β-unsaturated/α-hetero) is 1. The van der Waals surface area contributed by atoms with Crippen LogP contribution in [0.5, 0.6) is 0 Å². The highest BCUT2D eigenvalue weighted by molar-refractivity contribution is 5.79. The van der Waals surface area contributed by atoms with Gasteiger partial charge in [-0.1, -0.05) is 0 Å². The average Bonchev–Trinajstić information content (AvgIpc) is 2.45. The molecule has 12 heavy (non-hydrogen) atoms. The monoisotopic (exact) mass is 162 g/mol. The molecule has 0 aromatic heterocycles. The number of carbonyl (C=O) groups excluding carboxylic acids is 1. The minimum absolute atomic E-state index is 0.485. The zero-order chi connectivity index (χ0) is 8.03. The molecule has 0 amide bonds. The van der Waals surface area contributed by atoms with Gasteiger partial charge in [0.1, 0.15) is 5.78 Å². The zero-order valence-electron chi connectivity index (χ0n) is 7.36. The third-order valence-corrected chi connectivity index (χ3v) is 5.33. The maximum absolute atomic E-state index is 11.4. The van der Waals surface area contributed by atoms with Crippen molar-refractivity contribution in [2.24, 2.45) is 41.4 Å². The highest BCUT2D eigenvalue weighted by Crippen LogP contribution is 2.82. The Hall–Kier alpha value is -0.330. The molecule has 5 aliphatic carbocycles. The lowest BCUT2D eigenvalue weighted by molar-refractivity contribution is -0.122. The Morgan fingerprint density at radius 3 is 2.25 bits per heavy atom. The molecule has 5 fully saturated rings. The van der Waals surface area contributed by atoms with Gasteiger partial charge in [0, 0.05) is 5.92 Å². The fraction of sp³-hybridized carbons (Fsp3) is 0.909. The minimum atomic E-state index is 0.485. The summed E-state index contributed by atoms with van der Waals surface area (Å²) in [6.45, 7) is 1.81. The van der Waals surface area contributed by atoms with Crippen molar-refractivity contribution < 1.29 is 4.79 Å². The van der Waals surface area contributed by atoms with Gasteiger partial charge in [-0.3, -0.25) is 4.79 Å². The van der Waals surface area contributed by atoms with Crippen molar-refractivity contribution in [3.63, 3.8) is 0 Å². The molecule has 0 heterocycles. The number of hydrogen-bond donors (Lipinski definition) is 0. The van der Waals surface area contributed by atoms with E-state index < -0.39 is 0 Å². The van der Waals surface area contributed by atoms with E-state index in [4.69, 9.17) is 0 Å². The normalized spacial score (nSPS) is 68.9. The topological polar surface area (TPSA) is 17.1 Å². The van der Waals surface area contributed by atoms with E-state index in [1.165, 1.54) is 12.8 Å². The molecule has 1 nitrogen and oxygen atoms in total. The molecular weight excluding hydrogens is 148 g/mol. The van der Waals surface area contributed by atoms with Gasteiger partial charge >= 0.3 is 0 Å². The lowest BCUT2D eigenvalue weighted by Gasteiger charge is -2.17. The summed E-state index contributed by atoms with van der Waals surface area (Å²) >= 11 is 0. The first-order chi connectivity index (χ1) is 5.79. The van der Waals surface area contributed by atoms with Crippen LogP contribution in [0.1, 0.15) is 19.8 Å². The van der Waals surface area contributed by atoms with Gasteiger partial charge in [-0.15, -0.1) is 0 Å². The second-order valence-corrected chi connectivity index (χ2v) is 5.41. The summed E-state index contributed by atoms with van der Waals surface area (Å²) in [5.74, 6) is 7.07. The predicted molar refractivity (Wildman–Crippen MR) is 44.3 cm³/mol. The van der Waals surface area contributed by atoms with Crippen molar-refractivity contribution in [3.05, 3.63) is 0 Å². The first-order valence-corrected chi connectivity index (χ1v) is 5.29. The third-order valence-electron chi connectivity index (χ3n) is 5.33. The third kappa shape index (κ3) is 0.419. The summed E-state index contributed by atoms with van der Waals surface area (Å²) in [5.41, 5.74) is 0. The van der Waals surface area contributed by atoms with Gasteiger partial charge in [0.15, 0.2) is 0 Å². The first kappa shape index (κ1) is 6.17. The van der Waals surface area contributed by atoms with Gasteiger partial charge in [0.2, 0.25) is 0 Å². The Labute approximate surface area is 72.5 Å². The molecule has 0 aromatic carbocycles. The van der Waals surface area contributed by atoms with Crippen LogP contribution >= 0.6 is 0 Å². The molecule has 0 N–H and O–H groups in total. The molecule has 0 aromatic rings. The maximum atomic E-state index is 11.4. The maximum Gasteiger partial charge on any atom is 0.133 e. The van der Waals surface area contributed by atoms with Gasteiger partial charge in [-0.2, -0.15) is 0 Å². The molecule has 5 aliphatic rings. The summed E-state index contributed by atoms with van der Waals surface area (Å²) in [5, 5.41) is 0. The van der Waals surface area contributed by atoms with Crippen LogP contribution in [0.4, 0.5) is 0 Å². The standard InChI is InChI=1S/C11H14O/c1-4(12)5-2-6-7-3-8-10(6)11(8)9(5)7/h5-11H,2-3H2,1H3. The first-order valence-electron chi connectivity index (χ1n) is 5.29. The number of hydrogen-bond acceptors (Lipinski definition) is 1. The molecule has 5 saturated carbocycles. The largest absolute Gasteiger partial charge is 0.300 e. The van der Waals surface area contributed by atoms with E-state index in [0.717, 1.165) is 35.5 Å².